The number of ether oxygens (including phenoxy) is 1. The largest absolute Gasteiger partial charge is 0.456 e. The second kappa shape index (κ2) is 7.35. The monoisotopic (exact) mass is 398 g/mol. The van der Waals surface area contributed by atoms with E-state index in [1.165, 1.54) is 0 Å². The lowest BCUT2D eigenvalue weighted by Crippen LogP contribution is -2.54. The van der Waals surface area contributed by atoms with E-state index in [0.717, 1.165) is 29.5 Å². The van der Waals surface area contributed by atoms with Crippen molar-refractivity contribution < 1.29 is 28.3 Å². The number of nitrogens with zero attached hydrogens (tertiary/aromatic N) is 1. The third-order valence-corrected chi connectivity index (χ3v) is 5.85. The second-order valence-electron chi connectivity index (χ2n) is 7.67. The van der Waals surface area contributed by atoms with Crippen LogP contribution in [0.3, 0.4) is 0 Å². The van der Waals surface area contributed by atoms with Crippen molar-refractivity contribution in [2.45, 2.75) is 38.1 Å². The molecule has 1 saturated carbocycles. The molecule has 0 unspecified atom stereocenters. The number of ketones is 1. The average molecular weight is 398 g/mol. The van der Waals surface area contributed by atoms with Gasteiger partial charge in [0.05, 0.1) is 0 Å². The van der Waals surface area contributed by atoms with Gasteiger partial charge in [-0.25, -0.2) is 4.79 Å². The van der Waals surface area contributed by atoms with Gasteiger partial charge in [-0.3, -0.25) is 19.3 Å². The Bertz CT molecular complexity index is 963. The van der Waals surface area contributed by atoms with Gasteiger partial charge in [-0.1, -0.05) is 38.0 Å². The first-order valence-electron chi connectivity index (χ1n) is 9.72. The minimum atomic E-state index is -0.931. The summed E-state index contributed by atoms with van der Waals surface area (Å²) in [5.74, 6) is -1.62. The normalized spacial score (nSPS) is 24.2. The quantitative estimate of drug-likeness (QED) is 0.472. The summed E-state index contributed by atoms with van der Waals surface area (Å²) in [6, 6.07) is 8.14. The molecule has 0 bridgehead atoms. The van der Waals surface area contributed by atoms with Crippen molar-refractivity contribution in [3.8, 4) is 0 Å². The van der Waals surface area contributed by atoms with Gasteiger partial charge in [0.2, 0.25) is 5.78 Å². The van der Waals surface area contributed by atoms with E-state index in [1.807, 2.05) is 13.0 Å². The van der Waals surface area contributed by atoms with Gasteiger partial charge in [0.1, 0.15) is 17.7 Å². The zero-order valence-corrected chi connectivity index (χ0v) is 16.1. The number of para-hydroxylation sites is 1. The number of esters is 1. The number of furan rings is 1. The standard InChI is InChI=1S/C21H22N2O6/c1-13-6-4-5-9-21(13)19(26)23(20(27)22-21)11-18(25)28-12-15(24)17-10-14-7-2-3-8-16(14)29-17/h2-3,7-8,10,13H,4-6,9,11-12H2,1H3,(H,22,27)/t13-,21-/m0/s1. The van der Waals surface area contributed by atoms with Crippen LogP contribution in [0.25, 0.3) is 11.0 Å². The van der Waals surface area contributed by atoms with Crippen LogP contribution in [0.15, 0.2) is 34.7 Å². The maximum atomic E-state index is 12.9. The lowest BCUT2D eigenvalue weighted by Gasteiger charge is -2.36. The van der Waals surface area contributed by atoms with Crippen molar-refractivity contribution >= 4 is 34.7 Å². The fourth-order valence-corrected chi connectivity index (χ4v) is 4.15. The third kappa shape index (κ3) is 3.39. The van der Waals surface area contributed by atoms with Crippen molar-refractivity contribution in [1.29, 1.82) is 0 Å². The minimum Gasteiger partial charge on any atom is -0.456 e. The highest BCUT2D eigenvalue weighted by Crippen LogP contribution is 2.38. The molecule has 1 aliphatic carbocycles. The van der Waals surface area contributed by atoms with Gasteiger partial charge < -0.3 is 14.5 Å². The third-order valence-electron chi connectivity index (χ3n) is 5.85. The molecule has 0 radical (unpaired) electrons. The van der Waals surface area contributed by atoms with Gasteiger partial charge in [-0.05, 0) is 30.9 Å². The van der Waals surface area contributed by atoms with Crippen LogP contribution in [0.1, 0.15) is 43.2 Å². The molecular formula is C21H22N2O6. The summed E-state index contributed by atoms with van der Waals surface area (Å²) >= 11 is 0. The van der Waals surface area contributed by atoms with Crippen molar-refractivity contribution in [3.05, 3.63) is 36.1 Å². The Balaban J connectivity index is 1.36. The maximum Gasteiger partial charge on any atom is 0.326 e. The fourth-order valence-electron chi connectivity index (χ4n) is 4.15. The summed E-state index contributed by atoms with van der Waals surface area (Å²) in [5, 5.41) is 3.55. The Morgan fingerprint density at radius 1 is 1.28 bits per heavy atom. The van der Waals surface area contributed by atoms with Gasteiger partial charge in [0.25, 0.3) is 5.91 Å². The molecule has 4 rings (SSSR count). The molecule has 2 aliphatic rings. The average Bonchev–Trinajstić information content (AvgIpc) is 3.24. The molecule has 2 aromatic rings. The molecule has 1 aliphatic heterocycles. The topological polar surface area (TPSA) is 106 Å². The number of hydrogen-bond donors (Lipinski definition) is 1. The summed E-state index contributed by atoms with van der Waals surface area (Å²) in [5.41, 5.74) is -0.368. The Kier molecular flexibility index (Phi) is 4.86. The fraction of sp³-hybridized carbons (Fsp3) is 0.429. The highest BCUT2D eigenvalue weighted by molar-refractivity contribution is 6.09. The predicted molar refractivity (Wildman–Crippen MR) is 102 cm³/mol. The molecular weight excluding hydrogens is 376 g/mol. The Morgan fingerprint density at radius 3 is 2.83 bits per heavy atom. The SMILES string of the molecule is C[C@H]1CCCC[C@]12NC(=O)N(CC(=O)OCC(=O)c1cc3ccccc3o1)C2=O. The summed E-state index contributed by atoms with van der Waals surface area (Å²) in [4.78, 5) is 50.4. The van der Waals surface area contributed by atoms with Gasteiger partial charge in [-0.15, -0.1) is 0 Å². The Labute approximate surface area is 167 Å². The number of benzene rings is 1. The summed E-state index contributed by atoms with van der Waals surface area (Å²) in [6.45, 7) is 0.890. The number of rotatable bonds is 5. The van der Waals surface area contributed by atoms with E-state index in [2.05, 4.69) is 5.32 Å². The number of fused-ring (bicyclic) bond motifs is 1. The summed E-state index contributed by atoms with van der Waals surface area (Å²) < 4.78 is 10.4. The molecule has 1 saturated heterocycles. The molecule has 2 heterocycles. The summed E-state index contributed by atoms with van der Waals surface area (Å²) in [7, 11) is 0. The highest BCUT2D eigenvalue weighted by atomic mass is 16.5. The molecule has 1 spiro atoms. The molecule has 29 heavy (non-hydrogen) atoms. The van der Waals surface area contributed by atoms with Gasteiger partial charge in [-0.2, -0.15) is 0 Å². The number of Topliss-reactive ketones (excluding diaryl/α,β-unsaturated/α-hetero) is 1. The zero-order valence-electron chi connectivity index (χ0n) is 16.1. The first-order chi connectivity index (χ1) is 13.9. The molecule has 152 valence electrons. The molecule has 1 aromatic carbocycles. The molecule has 2 atom stereocenters. The molecule has 3 amide bonds. The van der Waals surface area contributed by atoms with E-state index in [-0.39, 0.29) is 11.7 Å². The first-order valence-corrected chi connectivity index (χ1v) is 9.72. The van der Waals surface area contributed by atoms with Crippen LogP contribution in [0.4, 0.5) is 4.79 Å². The van der Waals surface area contributed by atoms with E-state index >= 15 is 0 Å². The number of nitrogens with one attached hydrogen (secondary N) is 1. The van der Waals surface area contributed by atoms with Crippen LogP contribution in [0.5, 0.6) is 0 Å². The number of carbonyl (C=O) groups is 4. The van der Waals surface area contributed by atoms with Crippen LogP contribution in [0.2, 0.25) is 0 Å². The van der Waals surface area contributed by atoms with Crippen LogP contribution >= 0.6 is 0 Å². The maximum absolute atomic E-state index is 12.9. The molecule has 8 nitrogen and oxygen atoms in total. The van der Waals surface area contributed by atoms with Crippen LogP contribution in [0, 0.1) is 5.92 Å². The summed E-state index contributed by atoms with van der Waals surface area (Å²) in [6.07, 6.45) is 3.27. The van der Waals surface area contributed by atoms with Crippen LogP contribution in [-0.4, -0.2) is 47.3 Å². The van der Waals surface area contributed by atoms with Gasteiger partial charge >= 0.3 is 12.0 Å². The van der Waals surface area contributed by atoms with Crippen LogP contribution < -0.4 is 5.32 Å². The lowest BCUT2D eigenvalue weighted by atomic mass is 9.73. The molecule has 1 N–H and O–H groups in total. The minimum absolute atomic E-state index is 0.00313. The number of imide groups is 1. The van der Waals surface area contributed by atoms with Crippen molar-refractivity contribution in [2.75, 3.05) is 13.2 Å². The number of hydrogen-bond acceptors (Lipinski definition) is 6. The van der Waals surface area contributed by atoms with Crippen molar-refractivity contribution in [3.63, 3.8) is 0 Å². The second-order valence-corrected chi connectivity index (χ2v) is 7.67. The molecule has 2 fully saturated rings. The number of carbonyl (C=O) groups excluding carboxylic acids is 4. The number of amides is 3. The smallest absolute Gasteiger partial charge is 0.326 e. The molecule has 1 aromatic heterocycles. The van der Waals surface area contributed by atoms with E-state index in [1.54, 1.807) is 24.3 Å². The van der Waals surface area contributed by atoms with E-state index in [0.29, 0.717) is 12.0 Å². The molecule has 8 heteroatoms. The highest BCUT2D eigenvalue weighted by Gasteiger charge is 2.55. The van der Waals surface area contributed by atoms with E-state index in [9.17, 15) is 19.2 Å². The van der Waals surface area contributed by atoms with Crippen LogP contribution in [-0.2, 0) is 14.3 Å². The number of urea groups is 1. The Hall–Kier alpha value is -3.16. The first kappa shape index (κ1) is 19.2. The lowest BCUT2D eigenvalue weighted by molar-refractivity contribution is -0.147. The Morgan fingerprint density at radius 2 is 2.07 bits per heavy atom. The van der Waals surface area contributed by atoms with Crippen molar-refractivity contribution in [1.82, 2.24) is 10.2 Å². The van der Waals surface area contributed by atoms with E-state index < -0.39 is 42.4 Å². The zero-order chi connectivity index (χ0) is 20.6. The van der Waals surface area contributed by atoms with Gasteiger partial charge in [0, 0.05) is 5.39 Å². The predicted octanol–water partition coefficient (Wildman–Crippen LogP) is 2.66. The van der Waals surface area contributed by atoms with Gasteiger partial charge in [0.15, 0.2) is 12.4 Å². The van der Waals surface area contributed by atoms with Crippen molar-refractivity contribution in [2.24, 2.45) is 5.92 Å². The van der Waals surface area contributed by atoms with E-state index in [4.69, 9.17) is 9.15 Å².